The Hall–Kier alpha value is -3.70. The standard InChI is InChI=1S/C36H47N3O7S/c1-5-45-35(44)27(19-11-9-7-6-8-10-16-22-38-32(41)25-17-12-13-18-26(25)33(38)42)37-28-24-47-30-21-15-14-20-29(30)39(34(28)43)23-31(40)46-36(2,3)4/h12-15,17-18,20-21,27-28,37H,5-11,16,19,22-24H2,1-4H3/t27-,28+/m1/s1. The van der Waals surface area contributed by atoms with E-state index in [0.29, 0.717) is 35.5 Å². The fourth-order valence-corrected chi connectivity index (χ4v) is 6.92. The first-order chi connectivity index (χ1) is 22.5. The number of nitrogens with zero attached hydrogens (tertiary/aromatic N) is 2. The van der Waals surface area contributed by atoms with E-state index in [0.717, 1.165) is 49.8 Å². The van der Waals surface area contributed by atoms with Crippen molar-refractivity contribution in [2.24, 2.45) is 0 Å². The second-order valence-electron chi connectivity index (χ2n) is 12.9. The van der Waals surface area contributed by atoms with Gasteiger partial charge >= 0.3 is 11.9 Å². The number of thioether (sulfide) groups is 1. The van der Waals surface area contributed by atoms with Crippen molar-refractivity contribution in [2.45, 2.75) is 102 Å². The number of amides is 3. The third-order valence-electron chi connectivity index (χ3n) is 8.06. The van der Waals surface area contributed by atoms with Crippen LogP contribution in [0.4, 0.5) is 5.69 Å². The van der Waals surface area contributed by atoms with Gasteiger partial charge in [-0.2, -0.15) is 0 Å². The Bertz CT molecular complexity index is 1400. The van der Waals surface area contributed by atoms with Gasteiger partial charge in [-0.25, -0.2) is 0 Å². The van der Waals surface area contributed by atoms with E-state index < -0.39 is 23.7 Å². The average Bonchev–Trinajstić information content (AvgIpc) is 3.19. The highest BCUT2D eigenvalue weighted by atomic mass is 32.2. The van der Waals surface area contributed by atoms with Crippen molar-refractivity contribution in [3.05, 3.63) is 59.7 Å². The molecule has 47 heavy (non-hydrogen) atoms. The number of unbranched alkanes of at least 4 members (excludes halogenated alkanes) is 6. The molecule has 0 fully saturated rings. The number of para-hydroxylation sites is 1. The number of nitrogens with one attached hydrogen (secondary N) is 1. The summed E-state index contributed by atoms with van der Waals surface area (Å²) in [5, 5.41) is 3.28. The number of anilines is 1. The smallest absolute Gasteiger partial charge is 0.326 e. The van der Waals surface area contributed by atoms with Gasteiger partial charge in [0, 0.05) is 17.2 Å². The molecule has 0 aliphatic carbocycles. The number of hydrogen-bond donors (Lipinski definition) is 1. The molecule has 4 rings (SSSR count). The van der Waals surface area contributed by atoms with Crippen molar-refractivity contribution in [1.29, 1.82) is 0 Å². The minimum atomic E-state index is -0.702. The van der Waals surface area contributed by atoms with Crippen LogP contribution < -0.4 is 10.2 Å². The molecule has 0 unspecified atom stereocenters. The van der Waals surface area contributed by atoms with Gasteiger partial charge in [-0.1, -0.05) is 62.8 Å². The molecular formula is C36H47N3O7S. The Morgan fingerprint density at radius 1 is 0.872 bits per heavy atom. The van der Waals surface area contributed by atoms with Crippen LogP contribution in [0.3, 0.4) is 0 Å². The Balaban J connectivity index is 1.24. The summed E-state index contributed by atoms with van der Waals surface area (Å²) >= 11 is 1.51. The van der Waals surface area contributed by atoms with Crippen LogP contribution in [-0.2, 0) is 23.9 Å². The van der Waals surface area contributed by atoms with Crippen molar-refractivity contribution in [2.75, 3.05) is 30.3 Å². The first-order valence-electron chi connectivity index (χ1n) is 16.6. The van der Waals surface area contributed by atoms with Gasteiger partial charge < -0.3 is 9.47 Å². The van der Waals surface area contributed by atoms with E-state index in [1.165, 1.54) is 21.6 Å². The van der Waals surface area contributed by atoms with Crippen LogP contribution in [0.5, 0.6) is 0 Å². The predicted molar refractivity (Wildman–Crippen MR) is 181 cm³/mol. The van der Waals surface area contributed by atoms with Crippen molar-refractivity contribution >= 4 is 47.1 Å². The number of rotatable bonds is 16. The highest BCUT2D eigenvalue weighted by Crippen LogP contribution is 2.34. The van der Waals surface area contributed by atoms with E-state index >= 15 is 0 Å². The molecule has 2 aromatic rings. The number of benzene rings is 2. The number of esters is 2. The molecule has 0 saturated heterocycles. The zero-order chi connectivity index (χ0) is 34.0. The lowest BCUT2D eigenvalue weighted by Gasteiger charge is -2.28. The van der Waals surface area contributed by atoms with E-state index in [1.807, 2.05) is 24.3 Å². The number of hydrogen-bond acceptors (Lipinski definition) is 9. The third-order valence-corrected chi connectivity index (χ3v) is 9.22. The normalized spacial score (nSPS) is 16.9. The lowest BCUT2D eigenvalue weighted by atomic mass is 10.0. The summed E-state index contributed by atoms with van der Waals surface area (Å²) in [5.41, 5.74) is 0.931. The van der Waals surface area contributed by atoms with Crippen LogP contribution in [0.25, 0.3) is 0 Å². The molecule has 2 aliphatic heterocycles. The van der Waals surface area contributed by atoms with Gasteiger partial charge in [0.25, 0.3) is 11.8 Å². The Morgan fingerprint density at radius 2 is 1.47 bits per heavy atom. The van der Waals surface area contributed by atoms with E-state index in [1.54, 1.807) is 52.0 Å². The summed E-state index contributed by atoms with van der Waals surface area (Å²) in [6.45, 7) is 7.56. The molecule has 2 heterocycles. The zero-order valence-corrected chi connectivity index (χ0v) is 28.7. The van der Waals surface area contributed by atoms with Gasteiger partial charge in [-0.15, -0.1) is 11.8 Å². The maximum Gasteiger partial charge on any atom is 0.326 e. The van der Waals surface area contributed by atoms with Crippen LogP contribution in [0.15, 0.2) is 53.4 Å². The molecule has 2 aromatic carbocycles. The summed E-state index contributed by atoms with van der Waals surface area (Å²) in [6, 6.07) is 13.1. The highest BCUT2D eigenvalue weighted by molar-refractivity contribution is 7.99. The lowest BCUT2D eigenvalue weighted by molar-refractivity contribution is -0.154. The van der Waals surface area contributed by atoms with Gasteiger partial charge in [0.1, 0.15) is 18.2 Å². The summed E-state index contributed by atoms with van der Waals surface area (Å²) in [4.78, 5) is 68.4. The number of imide groups is 1. The van der Waals surface area contributed by atoms with Crippen LogP contribution in [0.1, 0.15) is 99.8 Å². The summed E-state index contributed by atoms with van der Waals surface area (Å²) in [6.07, 6.45) is 6.89. The molecule has 0 saturated carbocycles. The molecule has 0 spiro atoms. The molecule has 0 aromatic heterocycles. The molecule has 1 N–H and O–H groups in total. The van der Waals surface area contributed by atoms with Crippen molar-refractivity contribution in [3.63, 3.8) is 0 Å². The van der Waals surface area contributed by atoms with Gasteiger partial charge in [0.05, 0.1) is 29.5 Å². The van der Waals surface area contributed by atoms with Crippen LogP contribution in [0, 0.1) is 0 Å². The largest absolute Gasteiger partial charge is 0.465 e. The van der Waals surface area contributed by atoms with E-state index in [2.05, 4.69) is 5.32 Å². The lowest BCUT2D eigenvalue weighted by Crippen LogP contribution is -2.54. The molecule has 2 atom stereocenters. The summed E-state index contributed by atoms with van der Waals surface area (Å²) in [7, 11) is 0. The third kappa shape index (κ3) is 9.90. The summed E-state index contributed by atoms with van der Waals surface area (Å²) in [5.74, 6) is -1.20. The quantitative estimate of drug-likeness (QED) is 0.135. The highest BCUT2D eigenvalue weighted by Gasteiger charge is 2.36. The molecule has 3 amide bonds. The average molecular weight is 666 g/mol. The van der Waals surface area contributed by atoms with Crippen LogP contribution in [0.2, 0.25) is 0 Å². The number of carbonyl (C=O) groups excluding carboxylic acids is 5. The topological polar surface area (TPSA) is 122 Å². The number of ether oxygens (including phenoxy) is 2. The Kier molecular flexibility index (Phi) is 13.0. The fraction of sp³-hybridized carbons (Fsp3) is 0.528. The maximum absolute atomic E-state index is 13.9. The van der Waals surface area contributed by atoms with Gasteiger partial charge in [0.2, 0.25) is 5.91 Å². The minimum absolute atomic E-state index is 0.209. The van der Waals surface area contributed by atoms with Crippen molar-refractivity contribution < 1.29 is 33.4 Å². The zero-order valence-electron chi connectivity index (χ0n) is 27.9. The molecule has 10 nitrogen and oxygen atoms in total. The number of fused-ring (bicyclic) bond motifs is 2. The van der Waals surface area contributed by atoms with Crippen LogP contribution in [-0.4, -0.2) is 77.7 Å². The minimum Gasteiger partial charge on any atom is -0.465 e. The van der Waals surface area contributed by atoms with Crippen molar-refractivity contribution in [3.8, 4) is 0 Å². The first kappa shape index (κ1) is 36.1. The van der Waals surface area contributed by atoms with E-state index in [-0.39, 0.29) is 36.8 Å². The molecule has 2 aliphatic rings. The second-order valence-corrected chi connectivity index (χ2v) is 13.9. The SMILES string of the molecule is CCOC(=O)[C@@H](CCCCCCCCCN1C(=O)c2ccccc2C1=O)N[C@H]1CSc2ccccc2N(CC(=O)OC(C)(C)C)C1=O. The molecule has 0 radical (unpaired) electrons. The van der Waals surface area contributed by atoms with E-state index in [9.17, 15) is 24.0 Å². The van der Waals surface area contributed by atoms with Gasteiger partial charge in [0.15, 0.2) is 0 Å². The van der Waals surface area contributed by atoms with Crippen molar-refractivity contribution in [1.82, 2.24) is 10.2 Å². The Morgan fingerprint density at radius 3 is 2.11 bits per heavy atom. The van der Waals surface area contributed by atoms with Gasteiger partial charge in [-0.3, -0.25) is 39.1 Å². The summed E-state index contributed by atoms with van der Waals surface area (Å²) < 4.78 is 10.9. The fourth-order valence-electron chi connectivity index (χ4n) is 5.84. The monoisotopic (exact) mass is 665 g/mol. The van der Waals surface area contributed by atoms with Crippen LogP contribution >= 0.6 is 11.8 Å². The molecular weight excluding hydrogens is 618 g/mol. The predicted octanol–water partition coefficient (Wildman–Crippen LogP) is 5.77. The second kappa shape index (κ2) is 16.9. The maximum atomic E-state index is 13.9. The van der Waals surface area contributed by atoms with Gasteiger partial charge in [-0.05, 0) is 64.8 Å². The molecule has 11 heteroatoms. The first-order valence-corrected chi connectivity index (χ1v) is 17.6. The molecule has 254 valence electrons. The number of carbonyl (C=O) groups is 5. The van der Waals surface area contributed by atoms with E-state index in [4.69, 9.17) is 9.47 Å². The Labute approximate surface area is 281 Å². The molecule has 0 bridgehead atoms.